The van der Waals surface area contributed by atoms with Gasteiger partial charge in [-0.3, -0.25) is 0 Å². The second-order valence-corrected chi connectivity index (χ2v) is 4.40. The van der Waals surface area contributed by atoms with Crippen LogP contribution in [0.5, 0.6) is 0 Å². The number of carbonyl (C=O) groups is 1. The first-order chi connectivity index (χ1) is 7.49. The van der Waals surface area contributed by atoms with Crippen LogP contribution in [0.1, 0.15) is 19.4 Å². The van der Waals surface area contributed by atoms with Crippen molar-refractivity contribution in [3.05, 3.63) is 40.1 Å². The van der Waals surface area contributed by atoms with Gasteiger partial charge in [-0.2, -0.15) is 0 Å². The molecular formula is C12H12BrFO2. The van der Waals surface area contributed by atoms with Gasteiger partial charge in [0.2, 0.25) is 0 Å². The molecule has 0 saturated heterocycles. The summed E-state index contributed by atoms with van der Waals surface area (Å²) < 4.78 is 18.9. The van der Waals surface area contributed by atoms with Gasteiger partial charge in [0.25, 0.3) is 0 Å². The van der Waals surface area contributed by atoms with E-state index in [9.17, 15) is 9.18 Å². The predicted octanol–water partition coefficient (Wildman–Crippen LogP) is 3.55. The molecule has 16 heavy (non-hydrogen) atoms. The van der Waals surface area contributed by atoms with Crippen molar-refractivity contribution in [2.24, 2.45) is 0 Å². The van der Waals surface area contributed by atoms with Gasteiger partial charge in [-0.25, -0.2) is 9.18 Å². The van der Waals surface area contributed by atoms with E-state index < -0.39 is 5.97 Å². The molecule has 1 rings (SSSR count). The zero-order valence-electron chi connectivity index (χ0n) is 9.04. The molecule has 0 aromatic heterocycles. The fourth-order valence-electron chi connectivity index (χ4n) is 1.07. The Hall–Kier alpha value is -1.16. The summed E-state index contributed by atoms with van der Waals surface area (Å²) in [4.78, 5) is 11.2. The second-order valence-electron chi connectivity index (χ2n) is 3.48. The minimum Gasteiger partial charge on any atom is -0.460 e. The highest BCUT2D eigenvalue weighted by atomic mass is 79.9. The van der Waals surface area contributed by atoms with Crippen molar-refractivity contribution in [1.29, 1.82) is 0 Å². The maximum absolute atomic E-state index is 13.3. The molecule has 0 amide bonds. The highest BCUT2D eigenvalue weighted by Gasteiger charge is 2.02. The second kappa shape index (κ2) is 5.80. The van der Waals surface area contributed by atoms with Crippen molar-refractivity contribution in [3.8, 4) is 0 Å². The molecular weight excluding hydrogens is 275 g/mol. The number of benzene rings is 1. The number of halogens is 2. The lowest BCUT2D eigenvalue weighted by Crippen LogP contribution is -2.08. The molecule has 0 bridgehead atoms. The third kappa shape index (κ3) is 4.14. The number of carbonyl (C=O) groups excluding carboxylic acids is 1. The molecule has 0 aliphatic carbocycles. The highest BCUT2D eigenvalue weighted by molar-refractivity contribution is 9.10. The molecule has 0 aliphatic heterocycles. The normalized spacial score (nSPS) is 11.1. The van der Waals surface area contributed by atoms with Gasteiger partial charge in [-0.15, -0.1) is 0 Å². The average molecular weight is 287 g/mol. The summed E-state index contributed by atoms with van der Waals surface area (Å²) in [6, 6.07) is 4.52. The van der Waals surface area contributed by atoms with E-state index in [1.165, 1.54) is 18.2 Å². The Bertz CT molecular complexity index is 413. The minimum absolute atomic E-state index is 0.176. The summed E-state index contributed by atoms with van der Waals surface area (Å²) in [5.74, 6) is -0.855. The number of hydrogen-bond acceptors (Lipinski definition) is 2. The fraction of sp³-hybridized carbons (Fsp3) is 0.250. The average Bonchev–Trinajstić information content (AvgIpc) is 2.18. The van der Waals surface area contributed by atoms with Crippen LogP contribution in [0.3, 0.4) is 0 Å². The Labute approximate surface area is 102 Å². The van der Waals surface area contributed by atoms with Crippen LogP contribution in [-0.4, -0.2) is 12.1 Å². The van der Waals surface area contributed by atoms with Gasteiger partial charge in [-0.1, -0.05) is 15.9 Å². The van der Waals surface area contributed by atoms with Gasteiger partial charge >= 0.3 is 5.97 Å². The van der Waals surface area contributed by atoms with Gasteiger partial charge in [0.15, 0.2) is 0 Å². The minimum atomic E-state index is -0.477. The fourth-order valence-corrected chi connectivity index (χ4v) is 1.45. The van der Waals surface area contributed by atoms with Crippen LogP contribution in [0.25, 0.3) is 6.08 Å². The third-order valence-corrected chi connectivity index (χ3v) is 2.20. The molecule has 0 unspecified atom stereocenters. The Kier molecular flexibility index (Phi) is 4.68. The topological polar surface area (TPSA) is 26.3 Å². The van der Waals surface area contributed by atoms with E-state index in [0.29, 0.717) is 5.56 Å². The van der Waals surface area contributed by atoms with E-state index in [-0.39, 0.29) is 11.9 Å². The number of rotatable bonds is 3. The summed E-state index contributed by atoms with van der Waals surface area (Å²) >= 11 is 3.23. The zero-order valence-corrected chi connectivity index (χ0v) is 10.6. The van der Waals surface area contributed by atoms with Crippen molar-refractivity contribution in [2.75, 3.05) is 0 Å². The number of ether oxygens (including phenoxy) is 1. The van der Waals surface area contributed by atoms with E-state index in [0.717, 1.165) is 4.47 Å². The van der Waals surface area contributed by atoms with Crippen LogP contribution in [0.2, 0.25) is 0 Å². The molecule has 0 N–H and O–H groups in total. The van der Waals surface area contributed by atoms with Crippen LogP contribution < -0.4 is 0 Å². The van der Waals surface area contributed by atoms with E-state index in [2.05, 4.69) is 15.9 Å². The molecule has 2 nitrogen and oxygen atoms in total. The first-order valence-electron chi connectivity index (χ1n) is 4.83. The van der Waals surface area contributed by atoms with Gasteiger partial charge < -0.3 is 4.74 Å². The lowest BCUT2D eigenvalue weighted by molar-refractivity contribution is -0.141. The maximum Gasteiger partial charge on any atom is 0.331 e. The Balaban J connectivity index is 2.76. The van der Waals surface area contributed by atoms with Crippen LogP contribution in [0.4, 0.5) is 4.39 Å². The molecule has 86 valence electrons. The Morgan fingerprint density at radius 1 is 1.50 bits per heavy atom. The monoisotopic (exact) mass is 286 g/mol. The summed E-state index contributed by atoms with van der Waals surface area (Å²) in [5.41, 5.74) is 0.343. The van der Waals surface area contributed by atoms with Gasteiger partial charge in [0.05, 0.1) is 6.10 Å². The zero-order chi connectivity index (χ0) is 12.1. The predicted molar refractivity (Wildman–Crippen MR) is 64.4 cm³/mol. The molecule has 0 radical (unpaired) electrons. The molecule has 4 heteroatoms. The molecule has 0 atom stereocenters. The van der Waals surface area contributed by atoms with Gasteiger partial charge in [0, 0.05) is 16.1 Å². The summed E-state index contributed by atoms with van der Waals surface area (Å²) in [7, 11) is 0. The Morgan fingerprint density at radius 2 is 2.19 bits per heavy atom. The summed E-state index contributed by atoms with van der Waals surface area (Å²) in [6.45, 7) is 3.51. The van der Waals surface area contributed by atoms with Crippen molar-refractivity contribution >= 4 is 28.0 Å². The van der Waals surface area contributed by atoms with E-state index in [1.807, 2.05) is 0 Å². The van der Waals surface area contributed by atoms with Crippen LogP contribution in [0.15, 0.2) is 28.7 Å². The largest absolute Gasteiger partial charge is 0.460 e. The first-order valence-corrected chi connectivity index (χ1v) is 5.62. The lowest BCUT2D eigenvalue weighted by Gasteiger charge is -2.04. The molecule has 1 aromatic rings. The van der Waals surface area contributed by atoms with Crippen molar-refractivity contribution in [2.45, 2.75) is 20.0 Å². The Morgan fingerprint density at radius 3 is 2.81 bits per heavy atom. The molecule has 0 heterocycles. The molecule has 0 saturated carbocycles. The smallest absolute Gasteiger partial charge is 0.331 e. The lowest BCUT2D eigenvalue weighted by atomic mass is 10.2. The molecule has 0 spiro atoms. The molecule has 0 aliphatic rings. The van der Waals surface area contributed by atoms with Crippen molar-refractivity contribution < 1.29 is 13.9 Å². The standard InChI is InChI=1S/C12H12BrFO2/c1-8(2)16-12(15)6-3-9-7-10(13)4-5-11(9)14/h3-8H,1-2H3. The SMILES string of the molecule is CC(C)OC(=O)C=Cc1cc(Br)ccc1F. The molecule has 0 fully saturated rings. The van der Waals surface area contributed by atoms with Crippen LogP contribution in [0, 0.1) is 5.82 Å². The molecule has 1 aromatic carbocycles. The van der Waals surface area contributed by atoms with Gasteiger partial charge in [0.1, 0.15) is 5.82 Å². The summed E-state index contributed by atoms with van der Waals surface area (Å²) in [5, 5.41) is 0. The van der Waals surface area contributed by atoms with Gasteiger partial charge in [-0.05, 0) is 38.1 Å². The quantitative estimate of drug-likeness (QED) is 0.627. The number of esters is 1. The summed E-state index contributed by atoms with van der Waals surface area (Å²) in [6.07, 6.45) is 2.43. The van der Waals surface area contributed by atoms with Crippen molar-refractivity contribution in [1.82, 2.24) is 0 Å². The third-order valence-electron chi connectivity index (χ3n) is 1.71. The number of hydrogen-bond donors (Lipinski definition) is 0. The highest BCUT2D eigenvalue weighted by Crippen LogP contribution is 2.16. The maximum atomic E-state index is 13.3. The van der Waals surface area contributed by atoms with E-state index >= 15 is 0 Å². The first kappa shape index (κ1) is 12.9. The van der Waals surface area contributed by atoms with Crippen molar-refractivity contribution in [3.63, 3.8) is 0 Å². The van der Waals surface area contributed by atoms with Crippen LogP contribution in [-0.2, 0) is 9.53 Å². The van der Waals surface area contributed by atoms with E-state index in [4.69, 9.17) is 4.74 Å². The van der Waals surface area contributed by atoms with Crippen LogP contribution >= 0.6 is 15.9 Å². The van der Waals surface area contributed by atoms with E-state index in [1.54, 1.807) is 26.0 Å².